The average molecular weight is 311 g/mol. The second-order valence-corrected chi connectivity index (χ2v) is 5.67. The summed E-state index contributed by atoms with van der Waals surface area (Å²) in [6.07, 6.45) is 8.97. The van der Waals surface area contributed by atoms with Crippen LogP contribution in [0.5, 0.6) is 5.75 Å². The van der Waals surface area contributed by atoms with E-state index in [1.807, 2.05) is 36.4 Å². The molecule has 1 aliphatic heterocycles. The van der Waals surface area contributed by atoms with Gasteiger partial charge in [0, 0.05) is 17.1 Å². The number of carbonyl (C=O) groups excluding carboxylic acids is 1. The van der Waals surface area contributed by atoms with Crippen molar-refractivity contribution in [1.82, 2.24) is 4.90 Å². The topological polar surface area (TPSA) is 51.9 Å². The number of hydrogen-bond donors (Lipinski definition) is 0. The third-order valence-electron chi connectivity index (χ3n) is 4.08. The van der Waals surface area contributed by atoms with Crippen LogP contribution in [0.3, 0.4) is 0 Å². The lowest BCUT2D eigenvalue weighted by atomic mass is 10.1. The van der Waals surface area contributed by atoms with Gasteiger partial charge in [0.1, 0.15) is 17.9 Å². The van der Waals surface area contributed by atoms with Crippen molar-refractivity contribution >= 4 is 17.1 Å². The van der Waals surface area contributed by atoms with Crippen molar-refractivity contribution in [3.8, 4) is 5.75 Å². The number of rotatable bonds is 4. The van der Waals surface area contributed by atoms with Gasteiger partial charge in [0.05, 0.1) is 12.8 Å². The summed E-state index contributed by atoms with van der Waals surface area (Å²) in [6, 6.07) is 7.58. The van der Waals surface area contributed by atoms with Crippen LogP contribution in [0.1, 0.15) is 12.8 Å². The van der Waals surface area contributed by atoms with Crippen LogP contribution < -0.4 is 4.74 Å². The molecule has 1 aromatic carbocycles. The van der Waals surface area contributed by atoms with E-state index in [0.717, 1.165) is 29.5 Å². The molecule has 4 rings (SSSR count). The highest BCUT2D eigenvalue weighted by Gasteiger charge is 2.33. The minimum Gasteiger partial charge on any atom is -0.490 e. The van der Waals surface area contributed by atoms with Gasteiger partial charge in [-0.3, -0.25) is 4.90 Å². The van der Waals surface area contributed by atoms with Gasteiger partial charge in [-0.15, -0.1) is 0 Å². The molecule has 1 atom stereocenters. The number of ether oxygens (including phenoxy) is 2. The summed E-state index contributed by atoms with van der Waals surface area (Å²) in [5, 5.41) is 1.04. The minimum atomic E-state index is -0.290. The molecule has 1 fully saturated rings. The van der Waals surface area contributed by atoms with Crippen LogP contribution in [0.2, 0.25) is 0 Å². The molecule has 1 saturated heterocycles. The molecule has 2 aromatic rings. The summed E-state index contributed by atoms with van der Waals surface area (Å²) < 4.78 is 16.5. The van der Waals surface area contributed by atoms with Gasteiger partial charge in [-0.25, -0.2) is 4.79 Å². The van der Waals surface area contributed by atoms with Crippen LogP contribution in [0.25, 0.3) is 11.0 Å². The first-order valence-electron chi connectivity index (χ1n) is 7.73. The Morgan fingerprint density at radius 1 is 1.30 bits per heavy atom. The van der Waals surface area contributed by atoms with E-state index in [1.54, 1.807) is 11.2 Å². The molecule has 0 N–H and O–H groups in total. The number of furan rings is 1. The highest BCUT2D eigenvalue weighted by atomic mass is 16.6. The summed E-state index contributed by atoms with van der Waals surface area (Å²) in [4.78, 5) is 13.7. The minimum absolute atomic E-state index is 0.262. The lowest BCUT2D eigenvalue weighted by Gasteiger charge is -2.18. The van der Waals surface area contributed by atoms with E-state index in [4.69, 9.17) is 13.9 Å². The SMILES string of the molecule is O=C1OC(COc2ccc3ccoc3c2)CN1C1=CC=CCC1. The third-order valence-corrected chi connectivity index (χ3v) is 4.08. The molecule has 2 aliphatic rings. The number of nitrogens with zero attached hydrogens (tertiary/aromatic N) is 1. The number of fused-ring (bicyclic) bond motifs is 1. The van der Waals surface area contributed by atoms with Crippen molar-refractivity contribution in [2.45, 2.75) is 18.9 Å². The highest BCUT2D eigenvalue weighted by Crippen LogP contribution is 2.25. The number of allylic oxidation sites excluding steroid dienone is 4. The molecule has 5 heteroatoms. The Hall–Kier alpha value is -2.69. The predicted octanol–water partition coefficient (Wildman–Crippen LogP) is 3.87. The van der Waals surface area contributed by atoms with Gasteiger partial charge in [0.25, 0.3) is 0 Å². The summed E-state index contributed by atoms with van der Waals surface area (Å²) in [5.41, 5.74) is 1.80. The van der Waals surface area contributed by atoms with E-state index in [-0.39, 0.29) is 12.2 Å². The van der Waals surface area contributed by atoms with Crippen LogP contribution in [0, 0.1) is 0 Å². The van der Waals surface area contributed by atoms with E-state index < -0.39 is 0 Å². The van der Waals surface area contributed by atoms with Crippen molar-refractivity contribution in [3.05, 3.63) is 54.5 Å². The van der Waals surface area contributed by atoms with Crippen LogP contribution in [-0.4, -0.2) is 30.2 Å². The van der Waals surface area contributed by atoms with Gasteiger partial charge in [0.2, 0.25) is 0 Å². The van der Waals surface area contributed by atoms with Crippen LogP contribution >= 0.6 is 0 Å². The third kappa shape index (κ3) is 2.82. The molecule has 23 heavy (non-hydrogen) atoms. The predicted molar refractivity (Wildman–Crippen MR) is 85.1 cm³/mol. The lowest BCUT2D eigenvalue weighted by Crippen LogP contribution is -2.26. The summed E-state index contributed by atoms with van der Waals surface area (Å²) in [6.45, 7) is 0.860. The summed E-state index contributed by atoms with van der Waals surface area (Å²) in [7, 11) is 0. The Balaban J connectivity index is 1.39. The number of cyclic esters (lactones) is 1. The van der Waals surface area contributed by atoms with E-state index in [0.29, 0.717) is 18.9 Å². The molecule has 2 heterocycles. The molecule has 1 aromatic heterocycles. The van der Waals surface area contributed by atoms with Gasteiger partial charge in [-0.05, 0) is 37.1 Å². The first-order chi connectivity index (χ1) is 11.3. The van der Waals surface area contributed by atoms with Gasteiger partial charge >= 0.3 is 6.09 Å². The van der Waals surface area contributed by atoms with Gasteiger partial charge in [-0.2, -0.15) is 0 Å². The quantitative estimate of drug-likeness (QED) is 0.860. The largest absolute Gasteiger partial charge is 0.490 e. The lowest BCUT2D eigenvalue weighted by molar-refractivity contribution is 0.103. The second-order valence-electron chi connectivity index (χ2n) is 5.67. The number of hydrogen-bond acceptors (Lipinski definition) is 4. The standard InChI is InChI=1S/C18H17NO4/c20-18-19(14-4-2-1-3-5-14)11-16(23-18)12-22-15-7-6-13-8-9-21-17(13)10-15/h1-2,4,6-10,16H,3,5,11-12H2. The number of carbonyl (C=O) groups is 1. The first kappa shape index (κ1) is 13.9. The Labute approximate surface area is 133 Å². The molecule has 0 saturated carbocycles. The molecular formula is C18H17NO4. The van der Waals surface area contributed by atoms with Crippen LogP contribution in [0.4, 0.5) is 4.79 Å². The van der Waals surface area contributed by atoms with Gasteiger partial charge in [0.15, 0.2) is 6.10 Å². The first-order valence-corrected chi connectivity index (χ1v) is 7.73. The molecule has 0 radical (unpaired) electrons. The fourth-order valence-corrected chi connectivity index (χ4v) is 2.87. The van der Waals surface area contributed by atoms with Crippen LogP contribution in [-0.2, 0) is 4.74 Å². The molecule has 0 spiro atoms. The smallest absolute Gasteiger partial charge is 0.414 e. The maximum atomic E-state index is 12.0. The average Bonchev–Trinajstić information content (AvgIpc) is 3.19. The molecule has 118 valence electrons. The molecule has 1 amide bonds. The van der Waals surface area contributed by atoms with E-state index in [2.05, 4.69) is 6.08 Å². The molecule has 1 unspecified atom stereocenters. The maximum Gasteiger partial charge on any atom is 0.414 e. The van der Waals surface area contributed by atoms with Crippen LogP contribution in [0.15, 0.2) is 58.9 Å². The van der Waals surface area contributed by atoms with Crippen molar-refractivity contribution in [2.24, 2.45) is 0 Å². The Bertz CT molecular complexity index is 789. The molecule has 0 bridgehead atoms. The van der Waals surface area contributed by atoms with Gasteiger partial charge < -0.3 is 13.9 Å². The Kier molecular flexibility index (Phi) is 3.54. The fourth-order valence-electron chi connectivity index (χ4n) is 2.87. The van der Waals surface area contributed by atoms with Crippen molar-refractivity contribution < 1.29 is 18.7 Å². The van der Waals surface area contributed by atoms with E-state index >= 15 is 0 Å². The number of amides is 1. The van der Waals surface area contributed by atoms with E-state index in [9.17, 15) is 4.79 Å². The monoisotopic (exact) mass is 311 g/mol. The summed E-state index contributed by atoms with van der Waals surface area (Å²) >= 11 is 0. The molecular weight excluding hydrogens is 294 g/mol. The molecule has 1 aliphatic carbocycles. The normalized spacial score (nSPS) is 20.7. The molecule has 5 nitrogen and oxygen atoms in total. The zero-order chi connectivity index (χ0) is 15.6. The van der Waals surface area contributed by atoms with Crippen molar-refractivity contribution in [3.63, 3.8) is 0 Å². The van der Waals surface area contributed by atoms with Gasteiger partial charge in [-0.1, -0.05) is 12.2 Å². The number of benzene rings is 1. The fraction of sp³-hybridized carbons (Fsp3) is 0.278. The highest BCUT2D eigenvalue weighted by molar-refractivity contribution is 5.78. The summed E-state index contributed by atoms with van der Waals surface area (Å²) in [5.74, 6) is 0.710. The van der Waals surface area contributed by atoms with E-state index in [1.165, 1.54) is 0 Å². The van der Waals surface area contributed by atoms with Crippen molar-refractivity contribution in [2.75, 3.05) is 13.2 Å². The Morgan fingerprint density at radius 3 is 3.13 bits per heavy atom. The van der Waals surface area contributed by atoms with Crippen molar-refractivity contribution in [1.29, 1.82) is 0 Å². The second kappa shape index (κ2) is 5.83. The maximum absolute atomic E-state index is 12.0. The zero-order valence-corrected chi connectivity index (χ0v) is 12.6. The Morgan fingerprint density at radius 2 is 2.26 bits per heavy atom. The zero-order valence-electron chi connectivity index (χ0n) is 12.6.